The van der Waals surface area contributed by atoms with Crippen LogP contribution in [0.5, 0.6) is 6.01 Å². The van der Waals surface area contributed by atoms with E-state index in [1.807, 2.05) is 11.0 Å². The summed E-state index contributed by atoms with van der Waals surface area (Å²) < 4.78 is 48.2. The van der Waals surface area contributed by atoms with Crippen molar-refractivity contribution in [3.63, 3.8) is 0 Å². The van der Waals surface area contributed by atoms with E-state index in [0.717, 1.165) is 31.1 Å². The van der Waals surface area contributed by atoms with Crippen LogP contribution in [0.4, 0.5) is 24.7 Å². The Kier molecular flexibility index (Phi) is 11.1. The van der Waals surface area contributed by atoms with Crippen LogP contribution >= 0.6 is 0 Å². The van der Waals surface area contributed by atoms with Gasteiger partial charge in [-0.15, -0.1) is 0 Å². The molecular weight excluding hydrogens is 655 g/mol. The van der Waals surface area contributed by atoms with Crippen molar-refractivity contribution in [2.75, 3.05) is 62.2 Å². The highest BCUT2D eigenvalue weighted by Crippen LogP contribution is 2.39. The van der Waals surface area contributed by atoms with Gasteiger partial charge in [0.25, 0.3) is 0 Å². The van der Waals surface area contributed by atoms with E-state index < -0.39 is 11.7 Å². The van der Waals surface area contributed by atoms with Gasteiger partial charge in [-0.25, -0.2) is 0 Å². The van der Waals surface area contributed by atoms with Crippen molar-refractivity contribution in [3.05, 3.63) is 102 Å². The van der Waals surface area contributed by atoms with Gasteiger partial charge in [0.2, 0.25) is 5.91 Å². The quantitative estimate of drug-likeness (QED) is 0.160. The molecule has 266 valence electrons. The van der Waals surface area contributed by atoms with E-state index in [4.69, 9.17) is 14.7 Å². The number of carbonyl (C=O) groups excluding carboxylic acids is 1. The molecule has 1 amide bonds. The fourth-order valence-electron chi connectivity index (χ4n) is 7.13. The second-order valence-electron chi connectivity index (χ2n) is 12.8. The lowest BCUT2D eigenvalue weighted by Gasteiger charge is -2.42. The number of anilines is 2. The van der Waals surface area contributed by atoms with Crippen molar-refractivity contribution in [3.8, 4) is 12.1 Å². The standard InChI is InChI=1S/C39H42F3N7O2/c1-3-36(50)49-23-22-48(26-30(49)16-19-43)37-32-18-21-47(35-15-8-7-14-33(35)39(40,41)42)27-34(32)44-38(45-37)51-25-24-46(4-2)20-17-29-12-9-11-28-10-5-6-13-31(28)29/h3,5-15,30H,1,4,16-18,20-27H2,2H3. The van der Waals surface area contributed by atoms with Gasteiger partial charge < -0.3 is 19.4 Å². The topological polar surface area (TPSA) is 88.8 Å². The number of hydrogen-bond donors (Lipinski definition) is 0. The first-order chi connectivity index (χ1) is 24.7. The molecular formula is C39H42F3N7O2. The first kappa shape index (κ1) is 35.7. The number of alkyl halides is 3. The summed E-state index contributed by atoms with van der Waals surface area (Å²) in [6.07, 6.45) is -1.80. The first-order valence-corrected chi connectivity index (χ1v) is 17.4. The molecule has 1 unspecified atom stereocenters. The van der Waals surface area contributed by atoms with E-state index in [-0.39, 0.29) is 36.6 Å². The highest BCUT2D eigenvalue weighted by atomic mass is 19.4. The average molecular weight is 698 g/mol. The Morgan fingerprint density at radius 1 is 1.04 bits per heavy atom. The SMILES string of the molecule is C=CC(=O)N1CCN(c2nc(OCCN(CC)CCc3cccc4ccccc34)nc3c2CCN(c2ccccc2C(F)(F)F)C3)CC1CC#N. The van der Waals surface area contributed by atoms with Gasteiger partial charge in [0, 0.05) is 50.5 Å². The lowest BCUT2D eigenvalue weighted by molar-refractivity contribution is -0.137. The van der Waals surface area contributed by atoms with E-state index in [2.05, 4.69) is 60.9 Å². The Balaban J connectivity index is 1.23. The lowest BCUT2D eigenvalue weighted by atomic mass is 10.0. The van der Waals surface area contributed by atoms with E-state index in [9.17, 15) is 23.2 Å². The van der Waals surface area contributed by atoms with Crippen LogP contribution in [0.15, 0.2) is 79.4 Å². The zero-order valence-corrected chi connectivity index (χ0v) is 28.8. The van der Waals surface area contributed by atoms with Gasteiger partial charge in [-0.3, -0.25) is 9.69 Å². The van der Waals surface area contributed by atoms with Crippen LogP contribution in [0.2, 0.25) is 0 Å². The Hall–Kier alpha value is -5.15. The van der Waals surface area contributed by atoms with E-state index in [1.54, 1.807) is 15.9 Å². The summed E-state index contributed by atoms with van der Waals surface area (Å²) in [5.41, 5.74) is 2.14. The maximum atomic E-state index is 14.0. The number of benzene rings is 3. The number of nitrogens with zero attached hydrogens (tertiary/aromatic N) is 7. The summed E-state index contributed by atoms with van der Waals surface area (Å²) >= 11 is 0. The number of fused-ring (bicyclic) bond motifs is 2. The van der Waals surface area contributed by atoms with Crippen LogP contribution in [0, 0.1) is 11.3 Å². The molecule has 6 rings (SSSR count). The summed E-state index contributed by atoms with van der Waals surface area (Å²) in [5, 5.41) is 12.0. The van der Waals surface area contributed by atoms with Crippen molar-refractivity contribution in [1.29, 1.82) is 5.26 Å². The van der Waals surface area contributed by atoms with Crippen molar-refractivity contribution in [2.24, 2.45) is 0 Å². The number of halogens is 3. The fraction of sp³-hybridized carbons (Fsp3) is 0.385. The summed E-state index contributed by atoms with van der Waals surface area (Å²) in [4.78, 5) is 29.9. The number of ether oxygens (including phenoxy) is 1. The van der Waals surface area contributed by atoms with Crippen LogP contribution in [0.1, 0.15) is 35.7 Å². The zero-order valence-electron chi connectivity index (χ0n) is 28.8. The van der Waals surface area contributed by atoms with Crippen molar-refractivity contribution in [2.45, 2.75) is 44.9 Å². The molecule has 3 heterocycles. The molecule has 0 spiro atoms. The number of rotatable bonds is 12. The molecule has 0 bridgehead atoms. The maximum Gasteiger partial charge on any atom is 0.418 e. The molecule has 2 aliphatic rings. The van der Waals surface area contributed by atoms with E-state index in [1.165, 1.54) is 34.5 Å². The maximum absolute atomic E-state index is 14.0. The van der Waals surface area contributed by atoms with Crippen LogP contribution in [-0.4, -0.2) is 84.1 Å². The van der Waals surface area contributed by atoms with E-state index >= 15 is 0 Å². The number of nitriles is 1. The monoisotopic (exact) mass is 697 g/mol. The number of para-hydroxylation sites is 1. The number of amides is 1. The van der Waals surface area contributed by atoms with Gasteiger partial charge in [0.1, 0.15) is 12.4 Å². The zero-order chi connectivity index (χ0) is 36.0. The number of likely N-dealkylation sites (N-methyl/N-ethyl adjacent to an activating group) is 1. The number of carbonyl (C=O) groups is 1. The highest BCUT2D eigenvalue weighted by molar-refractivity contribution is 5.87. The van der Waals surface area contributed by atoms with E-state index in [0.29, 0.717) is 57.3 Å². The molecule has 1 fully saturated rings. The van der Waals surface area contributed by atoms with Gasteiger partial charge in [-0.1, -0.05) is 68.1 Å². The van der Waals surface area contributed by atoms with Crippen LogP contribution < -0.4 is 14.5 Å². The molecule has 0 aliphatic carbocycles. The molecule has 1 atom stereocenters. The molecule has 9 nitrogen and oxygen atoms in total. The largest absolute Gasteiger partial charge is 0.462 e. The smallest absolute Gasteiger partial charge is 0.418 e. The third-order valence-corrected chi connectivity index (χ3v) is 9.80. The average Bonchev–Trinajstić information content (AvgIpc) is 3.15. The minimum atomic E-state index is -4.50. The van der Waals surface area contributed by atoms with Gasteiger partial charge >= 0.3 is 12.2 Å². The molecule has 0 N–H and O–H groups in total. The minimum absolute atomic E-state index is 0.105. The minimum Gasteiger partial charge on any atom is -0.462 e. The molecule has 4 aromatic rings. The molecule has 51 heavy (non-hydrogen) atoms. The Morgan fingerprint density at radius 3 is 2.61 bits per heavy atom. The molecule has 0 saturated carbocycles. The number of piperazine rings is 1. The van der Waals surface area contributed by atoms with Gasteiger partial charge in [-0.05, 0) is 53.9 Å². The molecule has 12 heteroatoms. The molecule has 0 radical (unpaired) electrons. The number of hydrogen-bond acceptors (Lipinski definition) is 8. The summed E-state index contributed by atoms with van der Waals surface area (Å²) in [5.74, 6) is 0.402. The third-order valence-electron chi connectivity index (χ3n) is 9.80. The fourth-order valence-corrected chi connectivity index (χ4v) is 7.13. The Morgan fingerprint density at radius 2 is 1.82 bits per heavy atom. The molecule has 1 aromatic heterocycles. The van der Waals surface area contributed by atoms with Gasteiger partial charge in [0.05, 0.1) is 36.3 Å². The first-order valence-electron chi connectivity index (χ1n) is 17.4. The van der Waals surface area contributed by atoms with Crippen molar-refractivity contribution >= 4 is 28.2 Å². The lowest BCUT2D eigenvalue weighted by Crippen LogP contribution is -2.55. The third kappa shape index (κ3) is 8.10. The molecule has 3 aromatic carbocycles. The van der Waals surface area contributed by atoms with Crippen molar-refractivity contribution in [1.82, 2.24) is 19.8 Å². The van der Waals surface area contributed by atoms with Crippen LogP contribution in [-0.2, 0) is 30.4 Å². The molecule has 2 aliphatic heterocycles. The van der Waals surface area contributed by atoms with Crippen molar-refractivity contribution < 1.29 is 22.7 Å². The predicted molar refractivity (Wildman–Crippen MR) is 192 cm³/mol. The second kappa shape index (κ2) is 15.8. The second-order valence-corrected chi connectivity index (χ2v) is 12.8. The van der Waals surface area contributed by atoms with Crippen LogP contribution in [0.3, 0.4) is 0 Å². The van der Waals surface area contributed by atoms with Crippen LogP contribution in [0.25, 0.3) is 10.8 Å². The Labute approximate surface area is 296 Å². The van der Waals surface area contributed by atoms with Gasteiger partial charge in [0.15, 0.2) is 0 Å². The van der Waals surface area contributed by atoms with Gasteiger partial charge in [-0.2, -0.15) is 28.4 Å². The number of aromatic nitrogens is 2. The normalized spacial score (nSPS) is 16.2. The predicted octanol–water partition coefficient (Wildman–Crippen LogP) is 6.27. The highest BCUT2D eigenvalue weighted by Gasteiger charge is 2.37. The Bertz CT molecular complexity index is 1900. The summed E-state index contributed by atoms with van der Waals surface area (Å²) in [6, 6.07) is 22.3. The summed E-state index contributed by atoms with van der Waals surface area (Å²) in [6.45, 7) is 10.0. The molecule has 1 saturated heterocycles. The summed E-state index contributed by atoms with van der Waals surface area (Å²) in [7, 11) is 0.